The molecule has 0 N–H and O–H groups in total. The van der Waals surface area contributed by atoms with Crippen LogP contribution in [-0.2, 0) is 25.8 Å². The van der Waals surface area contributed by atoms with E-state index >= 15 is 0 Å². The molecule has 0 saturated carbocycles. The van der Waals surface area contributed by atoms with E-state index in [1.807, 2.05) is 15.0 Å². The normalized spacial score (nSPS) is 16.8. The standard InChI is InChI=1S/C25H30N4OS/c1-25(2,3)18-12-13-19-20(15-18)31-23-21(19)22(30)28(24-27-26-16-29(23)24)14-8-7-11-17-9-5-4-6-10-17/h4-6,9-10,16,18H,7-8,11-15H2,1-3H3. The van der Waals surface area contributed by atoms with Gasteiger partial charge in [-0.3, -0.25) is 13.8 Å². The molecule has 0 aliphatic heterocycles. The van der Waals surface area contributed by atoms with Crippen LogP contribution in [0.5, 0.6) is 0 Å². The summed E-state index contributed by atoms with van der Waals surface area (Å²) in [4.78, 5) is 16.0. The minimum atomic E-state index is 0.113. The summed E-state index contributed by atoms with van der Waals surface area (Å²) in [7, 11) is 0. The summed E-state index contributed by atoms with van der Waals surface area (Å²) in [6.45, 7) is 7.67. The molecule has 162 valence electrons. The molecule has 5 rings (SSSR count). The smallest absolute Gasteiger partial charge is 0.263 e. The second kappa shape index (κ2) is 7.90. The molecule has 0 bridgehead atoms. The lowest BCUT2D eigenvalue weighted by molar-refractivity contribution is 0.218. The first-order chi connectivity index (χ1) is 14.9. The molecule has 3 heterocycles. The van der Waals surface area contributed by atoms with Gasteiger partial charge in [0.1, 0.15) is 11.2 Å². The first-order valence-electron chi connectivity index (χ1n) is 11.3. The van der Waals surface area contributed by atoms with Gasteiger partial charge in [-0.25, -0.2) is 0 Å². The number of hydrogen-bond acceptors (Lipinski definition) is 4. The SMILES string of the molecule is CC(C)(C)C1CCc2c(sc3c2c(=O)n(CCCCc2ccccc2)c2nncn32)C1. The van der Waals surface area contributed by atoms with Crippen molar-refractivity contribution < 1.29 is 0 Å². The Morgan fingerprint density at radius 2 is 1.97 bits per heavy atom. The van der Waals surface area contributed by atoms with Gasteiger partial charge in [0.15, 0.2) is 0 Å². The van der Waals surface area contributed by atoms with E-state index in [2.05, 4.69) is 55.2 Å². The fourth-order valence-corrected chi connectivity index (χ4v) is 6.31. The zero-order chi connectivity index (χ0) is 21.6. The third-order valence-electron chi connectivity index (χ3n) is 6.86. The number of rotatable bonds is 5. The Hall–Kier alpha value is -2.47. The number of aromatic nitrogens is 4. The summed E-state index contributed by atoms with van der Waals surface area (Å²) in [6, 6.07) is 10.5. The van der Waals surface area contributed by atoms with Gasteiger partial charge in [-0.15, -0.1) is 21.5 Å². The maximum atomic E-state index is 13.6. The number of unbranched alkanes of at least 4 members (excludes halogenated alkanes) is 1. The van der Waals surface area contributed by atoms with Crippen LogP contribution in [0.4, 0.5) is 0 Å². The van der Waals surface area contributed by atoms with E-state index in [-0.39, 0.29) is 5.56 Å². The Kier molecular flexibility index (Phi) is 5.21. The summed E-state index contributed by atoms with van der Waals surface area (Å²) in [5.41, 5.74) is 3.03. The van der Waals surface area contributed by atoms with Crippen LogP contribution in [0, 0.1) is 11.3 Å². The summed E-state index contributed by atoms with van der Waals surface area (Å²) in [5, 5.41) is 9.36. The van der Waals surface area contributed by atoms with Crippen molar-refractivity contribution in [1.29, 1.82) is 0 Å². The highest BCUT2D eigenvalue weighted by Crippen LogP contribution is 2.42. The van der Waals surface area contributed by atoms with E-state index in [0.29, 0.717) is 23.7 Å². The van der Waals surface area contributed by atoms with Gasteiger partial charge in [0.25, 0.3) is 5.56 Å². The van der Waals surface area contributed by atoms with Crippen molar-refractivity contribution in [3.05, 3.63) is 63.0 Å². The average Bonchev–Trinajstić information content (AvgIpc) is 3.37. The van der Waals surface area contributed by atoms with E-state index in [1.54, 1.807) is 17.7 Å². The van der Waals surface area contributed by atoms with Crippen LogP contribution in [0.2, 0.25) is 0 Å². The summed E-state index contributed by atoms with van der Waals surface area (Å²) in [6.07, 6.45) is 8.00. The van der Waals surface area contributed by atoms with Crippen molar-refractivity contribution in [2.45, 2.75) is 65.8 Å². The molecule has 4 aromatic rings. The van der Waals surface area contributed by atoms with Crippen LogP contribution in [0.3, 0.4) is 0 Å². The lowest BCUT2D eigenvalue weighted by Crippen LogP contribution is -2.27. The van der Waals surface area contributed by atoms with E-state index in [1.165, 1.54) is 16.0 Å². The Bertz CT molecular complexity index is 1280. The molecule has 1 unspecified atom stereocenters. The summed E-state index contributed by atoms with van der Waals surface area (Å²) >= 11 is 1.77. The average molecular weight is 435 g/mol. The molecule has 1 aliphatic carbocycles. The number of thiophene rings is 1. The monoisotopic (exact) mass is 434 g/mol. The predicted molar refractivity (Wildman–Crippen MR) is 127 cm³/mol. The number of fused-ring (bicyclic) bond motifs is 5. The van der Waals surface area contributed by atoms with E-state index in [9.17, 15) is 4.79 Å². The molecule has 6 heteroatoms. The number of benzene rings is 1. The zero-order valence-electron chi connectivity index (χ0n) is 18.6. The Morgan fingerprint density at radius 1 is 1.16 bits per heavy atom. The molecule has 1 aromatic carbocycles. The van der Waals surface area contributed by atoms with Crippen molar-refractivity contribution in [2.24, 2.45) is 11.3 Å². The molecular weight excluding hydrogens is 404 g/mol. The molecule has 0 fully saturated rings. The minimum Gasteiger partial charge on any atom is -0.276 e. The van der Waals surface area contributed by atoms with Crippen LogP contribution in [0.25, 0.3) is 16.0 Å². The van der Waals surface area contributed by atoms with Crippen LogP contribution >= 0.6 is 11.3 Å². The molecule has 31 heavy (non-hydrogen) atoms. The second-order valence-corrected chi connectivity index (χ2v) is 11.0. The van der Waals surface area contributed by atoms with E-state index in [4.69, 9.17) is 0 Å². The minimum absolute atomic E-state index is 0.113. The first kappa shape index (κ1) is 20.4. The summed E-state index contributed by atoms with van der Waals surface area (Å²) in [5.74, 6) is 1.33. The van der Waals surface area contributed by atoms with Gasteiger partial charge in [-0.05, 0) is 61.0 Å². The molecule has 0 spiro atoms. The molecule has 1 aliphatic rings. The highest BCUT2D eigenvalue weighted by molar-refractivity contribution is 7.18. The van der Waals surface area contributed by atoms with Gasteiger partial charge in [0.05, 0.1) is 5.39 Å². The fraction of sp³-hybridized carbons (Fsp3) is 0.480. The highest BCUT2D eigenvalue weighted by Gasteiger charge is 2.32. The number of nitrogens with zero attached hydrogens (tertiary/aromatic N) is 4. The van der Waals surface area contributed by atoms with Crippen molar-refractivity contribution in [1.82, 2.24) is 19.2 Å². The van der Waals surface area contributed by atoms with Gasteiger partial charge in [0, 0.05) is 11.4 Å². The second-order valence-electron chi connectivity index (χ2n) is 9.89. The van der Waals surface area contributed by atoms with Crippen molar-refractivity contribution in [3.8, 4) is 0 Å². The zero-order valence-corrected chi connectivity index (χ0v) is 19.4. The molecule has 5 nitrogen and oxygen atoms in total. The maximum Gasteiger partial charge on any atom is 0.263 e. The third kappa shape index (κ3) is 3.71. The largest absolute Gasteiger partial charge is 0.276 e. The fourth-order valence-electron chi connectivity index (χ4n) is 4.93. The molecule has 0 saturated heterocycles. The Balaban J connectivity index is 1.47. The van der Waals surface area contributed by atoms with Gasteiger partial charge in [0.2, 0.25) is 5.78 Å². The summed E-state index contributed by atoms with van der Waals surface area (Å²) < 4.78 is 3.88. The quantitative estimate of drug-likeness (QED) is 0.402. The Morgan fingerprint density at radius 3 is 2.74 bits per heavy atom. The van der Waals surface area contributed by atoms with Gasteiger partial charge in [-0.2, -0.15) is 0 Å². The molecule has 0 amide bonds. The number of hydrogen-bond donors (Lipinski definition) is 0. The van der Waals surface area contributed by atoms with E-state index in [0.717, 1.165) is 48.7 Å². The predicted octanol–water partition coefficient (Wildman–Crippen LogP) is 5.28. The topological polar surface area (TPSA) is 52.2 Å². The van der Waals surface area contributed by atoms with Crippen molar-refractivity contribution in [2.75, 3.05) is 0 Å². The van der Waals surface area contributed by atoms with Crippen molar-refractivity contribution >= 4 is 27.3 Å². The Labute approximate surface area is 186 Å². The van der Waals surface area contributed by atoms with Gasteiger partial charge in [-0.1, -0.05) is 51.1 Å². The van der Waals surface area contributed by atoms with Gasteiger partial charge >= 0.3 is 0 Å². The van der Waals surface area contributed by atoms with E-state index < -0.39 is 0 Å². The van der Waals surface area contributed by atoms with Crippen LogP contribution in [0.15, 0.2) is 41.5 Å². The lowest BCUT2D eigenvalue weighted by Gasteiger charge is -2.33. The number of aryl methyl sites for hydroxylation is 3. The maximum absolute atomic E-state index is 13.6. The van der Waals surface area contributed by atoms with Crippen LogP contribution in [-0.4, -0.2) is 19.2 Å². The third-order valence-corrected chi connectivity index (χ3v) is 8.11. The highest BCUT2D eigenvalue weighted by atomic mass is 32.1. The van der Waals surface area contributed by atoms with Crippen molar-refractivity contribution in [3.63, 3.8) is 0 Å². The lowest BCUT2D eigenvalue weighted by atomic mass is 9.72. The van der Waals surface area contributed by atoms with Crippen LogP contribution in [0.1, 0.15) is 56.0 Å². The van der Waals surface area contributed by atoms with Crippen LogP contribution < -0.4 is 5.56 Å². The molecular formula is C25H30N4OS. The molecule has 1 atom stereocenters. The molecule has 0 radical (unpaired) electrons. The van der Waals surface area contributed by atoms with Gasteiger partial charge < -0.3 is 0 Å². The molecule has 3 aromatic heterocycles. The first-order valence-corrected chi connectivity index (χ1v) is 12.2.